The minimum atomic E-state index is -3.48. The van der Waals surface area contributed by atoms with Crippen LogP contribution in [0.5, 0.6) is 5.75 Å². The summed E-state index contributed by atoms with van der Waals surface area (Å²) >= 11 is 0. The van der Waals surface area contributed by atoms with Crippen molar-refractivity contribution in [3.05, 3.63) is 36.0 Å². The first-order valence-corrected chi connectivity index (χ1v) is 8.75. The zero-order chi connectivity index (χ0) is 16.9. The van der Waals surface area contributed by atoms with Gasteiger partial charge in [0.15, 0.2) is 5.76 Å². The van der Waals surface area contributed by atoms with Gasteiger partial charge in [-0.05, 0) is 26.0 Å². The molecule has 0 aliphatic heterocycles. The normalized spacial score (nSPS) is 11.8. The number of nitrogens with one attached hydrogen (secondary N) is 2. The lowest BCUT2D eigenvalue weighted by atomic mass is 10.1. The van der Waals surface area contributed by atoms with Gasteiger partial charge < -0.3 is 9.26 Å². The third-order valence-corrected chi connectivity index (χ3v) is 4.34. The largest absolute Gasteiger partial charge is 0.497 e. The van der Waals surface area contributed by atoms with E-state index in [0.717, 1.165) is 11.3 Å². The van der Waals surface area contributed by atoms with Gasteiger partial charge in [0.2, 0.25) is 0 Å². The van der Waals surface area contributed by atoms with Crippen LogP contribution in [0, 0.1) is 0 Å². The lowest BCUT2D eigenvalue weighted by molar-refractivity contribution is 0.412. The van der Waals surface area contributed by atoms with Crippen LogP contribution in [0.25, 0.3) is 11.3 Å². The molecule has 0 fully saturated rings. The Labute approximate surface area is 136 Å². The third kappa shape index (κ3) is 5.34. The summed E-state index contributed by atoms with van der Waals surface area (Å²) in [5.74, 6) is 1.34. The summed E-state index contributed by atoms with van der Waals surface area (Å²) in [5.41, 5.74) is 1.53. The van der Waals surface area contributed by atoms with Crippen LogP contribution >= 0.6 is 0 Å². The van der Waals surface area contributed by atoms with Crippen LogP contribution in [0.4, 0.5) is 0 Å². The second-order valence-corrected chi connectivity index (χ2v) is 6.87. The van der Waals surface area contributed by atoms with Crippen LogP contribution in [0.1, 0.15) is 19.5 Å². The highest BCUT2D eigenvalue weighted by Crippen LogP contribution is 2.24. The van der Waals surface area contributed by atoms with Gasteiger partial charge in [-0.25, -0.2) is 4.72 Å². The first-order chi connectivity index (χ1) is 10.9. The highest BCUT2D eigenvalue weighted by molar-refractivity contribution is 7.87. The number of methoxy groups -OCH3 is 1. The molecular formula is C15H21N3O4S. The van der Waals surface area contributed by atoms with Gasteiger partial charge in [-0.1, -0.05) is 17.3 Å². The molecule has 8 heteroatoms. The van der Waals surface area contributed by atoms with Gasteiger partial charge in [-0.3, -0.25) is 0 Å². The quantitative estimate of drug-likeness (QED) is 0.764. The molecule has 0 saturated heterocycles. The van der Waals surface area contributed by atoms with Gasteiger partial charge in [0, 0.05) is 30.6 Å². The number of rotatable bonds is 8. The van der Waals surface area contributed by atoms with E-state index >= 15 is 0 Å². The fraction of sp³-hybridized carbons (Fsp3) is 0.400. The first-order valence-electron chi connectivity index (χ1n) is 7.26. The number of nitrogens with zero attached hydrogens (tertiary/aromatic N) is 1. The van der Waals surface area contributed by atoms with Crippen LogP contribution in [0.2, 0.25) is 0 Å². The molecule has 0 saturated carbocycles. The van der Waals surface area contributed by atoms with Crippen molar-refractivity contribution in [2.24, 2.45) is 0 Å². The molecule has 0 bridgehead atoms. The zero-order valence-corrected chi connectivity index (χ0v) is 14.2. The van der Waals surface area contributed by atoms with Crippen molar-refractivity contribution in [3.63, 3.8) is 0 Å². The van der Waals surface area contributed by atoms with Crippen molar-refractivity contribution in [1.29, 1.82) is 0 Å². The molecule has 2 aromatic rings. The maximum atomic E-state index is 11.6. The van der Waals surface area contributed by atoms with Crippen molar-refractivity contribution in [1.82, 2.24) is 14.6 Å². The Hall–Kier alpha value is -1.90. The Morgan fingerprint density at radius 3 is 2.78 bits per heavy atom. The summed E-state index contributed by atoms with van der Waals surface area (Å²) in [7, 11) is -1.88. The molecule has 2 N–H and O–H groups in total. The maximum absolute atomic E-state index is 11.6. The lowest BCUT2D eigenvalue weighted by Gasteiger charge is -2.09. The number of aromatic nitrogens is 1. The van der Waals surface area contributed by atoms with E-state index in [2.05, 4.69) is 14.6 Å². The van der Waals surface area contributed by atoms with Crippen molar-refractivity contribution >= 4 is 10.2 Å². The number of hydrogen-bond acceptors (Lipinski definition) is 5. The Morgan fingerprint density at radius 2 is 2.09 bits per heavy atom. The molecule has 0 spiro atoms. The molecule has 126 valence electrons. The molecule has 1 aromatic carbocycles. The molecule has 7 nitrogen and oxygen atoms in total. The zero-order valence-electron chi connectivity index (χ0n) is 13.4. The van der Waals surface area contributed by atoms with Crippen molar-refractivity contribution in [2.75, 3.05) is 13.7 Å². The fourth-order valence-corrected chi connectivity index (χ4v) is 3.08. The van der Waals surface area contributed by atoms with E-state index in [-0.39, 0.29) is 12.6 Å². The van der Waals surface area contributed by atoms with E-state index in [1.807, 2.05) is 24.3 Å². The first kappa shape index (κ1) is 17.5. The Morgan fingerprint density at radius 1 is 1.30 bits per heavy atom. The minimum Gasteiger partial charge on any atom is -0.497 e. The van der Waals surface area contributed by atoms with E-state index in [1.54, 1.807) is 27.0 Å². The number of ether oxygens (including phenoxy) is 1. The van der Waals surface area contributed by atoms with Crippen LogP contribution in [-0.4, -0.2) is 33.3 Å². The van der Waals surface area contributed by atoms with Crippen LogP contribution < -0.4 is 14.2 Å². The van der Waals surface area contributed by atoms with Crippen molar-refractivity contribution in [2.45, 2.75) is 26.3 Å². The standard InChI is InChI=1S/C15H21N3O4S/c1-11(2)18-23(19,20)16-8-7-13-10-15(22-17-13)12-5-4-6-14(9-12)21-3/h4-6,9-11,16,18H,7-8H2,1-3H3. The van der Waals surface area contributed by atoms with Gasteiger partial charge in [-0.2, -0.15) is 13.1 Å². The van der Waals surface area contributed by atoms with Gasteiger partial charge in [0.25, 0.3) is 10.2 Å². The second-order valence-electron chi connectivity index (χ2n) is 5.33. The molecule has 0 amide bonds. The number of benzene rings is 1. The maximum Gasteiger partial charge on any atom is 0.277 e. The molecule has 0 aliphatic rings. The Kier molecular flexibility index (Phi) is 5.75. The smallest absolute Gasteiger partial charge is 0.277 e. The summed E-state index contributed by atoms with van der Waals surface area (Å²) < 4.78 is 38.7. The lowest BCUT2D eigenvalue weighted by Crippen LogP contribution is -2.41. The van der Waals surface area contributed by atoms with E-state index < -0.39 is 10.2 Å². The molecule has 0 radical (unpaired) electrons. The summed E-state index contributed by atoms with van der Waals surface area (Å²) in [6.07, 6.45) is 0.437. The second kappa shape index (κ2) is 7.58. The molecule has 2 rings (SSSR count). The Bertz CT molecular complexity index is 741. The van der Waals surface area contributed by atoms with E-state index in [4.69, 9.17) is 9.26 Å². The SMILES string of the molecule is COc1cccc(-c2cc(CCNS(=O)(=O)NC(C)C)no2)c1. The van der Waals surface area contributed by atoms with Crippen LogP contribution in [0.15, 0.2) is 34.9 Å². The summed E-state index contributed by atoms with van der Waals surface area (Å²) in [5, 5.41) is 3.96. The molecular weight excluding hydrogens is 318 g/mol. The molecule has 0 aliphatic carbocycles. The molecule has 1 heterocycles. The molecule has 1 aromatic heterocycles. The summed E-state index contributed by atoms with van der Waals surface area (Å²) in [6, 6.07) is 9.08. The predicted molar refractivity (Wildman–Crippen MR) is 87.4 cm³/mol. The topological polar surface area (TPSA) is 93.5 Å². The van der Waals surface area contributed by atoms with E-state index in [1.165, 1.54) is 0 Å². The van der Waals surface area contributed by atoms with Crippen molar-refractivity contribution < 1.29 is 17.7 Å². The van der Waals surface area contributed by atoms with Gasteiger partial charge >= 0.3 is 0 Å². The van der Waals surface area contributed by atoms with E-state index in [9.17, 15) is 8.42 Å². The monoisotopic (exact) mass is 339 g/mol. The highest BCUT2D eigenvalue weighted by atomic mass is 32.2. The van der Waals surface area contributed by atoms with Crippen LogP contribution in [0.3, 0.4) is 0 Å². The highest BCUT2D eigenvalue weighted by Gasteiger charge is 2.12. The molecule has 0 unspecified atom stereocenters. The fourth-order valence-electron chi connectivity index (χ4n) is 2.01. The molecule has 23 heavy (non-hydrogen) atoms. The average molecular weight is 339 g/mol. The van der Waals surface area contributed by atoms with Gasteiger partial charge in [0.1, 0.15) is 5.75 Å². The van der Waals surface area contributed by atoms with Gasteiger partial charge in [0.05, 0.1) is 12.8 Å². The predicted octanol–water partition coefficient (Wildman–Crippen LogP) is 1.73. The Balaban J connectivity index is 1.95. The van der Waals surface area contributed by atoms with Crippen LogP contribution in [-0.2, 0) is 16.6 Å². The summed E-state index contributed by atoms with van der Waals surface area (Å²) in [4.78, 5) is 0. The summed E-state index contributed by atoms with van der Waals surface area (Å²) in [6.45, 7) is 3.76. The van der Waals surface area contributed by atoms with E-state index in [0.29, 0.717) is 17.9 Å². The number of hydrogen-bond donors (Lipinski definition) is 2. The molecule has 0 atom stereocenters. The average Bonchev–Trinajstić information content (AvgIpc) is 2.94. The minimum absolute atomic E-state index is 0.154. The third-order valence-electron chi connectivity index (χ3n) is 2.98. The van der Waals surface area contributed by atoms with Crippen molar-refractivity contribution in [3.8, 4) is 17.1 Å². The van der Waals surface area contributed by atoms with Gasteiger partial charge in [-0.15, -0.1) is 0 Å².